The van der Waals surface area contributed by atoms with Crippen LogP contribution in [0.3, 0.4) is 0 Å². The van der Waals surface area contributed by atoms with E-state index in [4.69, 9.17) is 15.2 Å². The van der Waals surface area contributed by atoms with Gasteiger partial charge in [-0.15, -0.1) is 0 Å². The molecule has 2 N–H and O–H groups in total. The van der Waals surface area contributed by atoms with Crippen molar-refractivity contribution in [3.63, 3.8) is 0 Å². The largest absolute Gasteiger partial charge is 0.460 e. The van der Waals surface area contributed by atoms with Crippen molar-refractivity contribution in [1.29, 1.82) is 0 Å². The monoisotopic (exact) mass is 201 g/mol. The van der Waals surface area contributed by atoms with Gasteiger partial charge >= 0.3 is 5.97 Å². The Morgan fingerprint density at radius 3 is 2.79 bits per heavy atom. The molecule has 0 amide bonds. The van der Waals surface area contributed by atoms with Gasteiger partial charge in [-0.05, 0) is 5.92 Å². The lowest BCUT2D eigenvalue weighted by Crippen LogP contribution is -2.32. The smallest absolute Gasteiger partial charge is 0.310 e. The Kier molecular flexibility index (Phi) is 4.35. The van der Waals surface area contributed by atoms with Crippen molar-refractivity contribution in [2.75, 3.05) is 19.8 Å². The molecular weight excluding hydrogens is 182 g/mol. The standard InChI is InChI=1S/C10H19NO3/c1-7(2)9(5-11)10(12)14-8-3-4-13-6-8/h7-9H,3-6,11H2,1-2H3. The van der Waals surface area contributed by atoms with Gasteiger partial charge in [-0.1, -0.05) is 13.8 Å². The second-order valence-electron chi connectivity index (χ2n) is 4.01. The molecule has 0 aliphatic carbocycles. The summed E-state index contributed by atoms with van der Waals surface area (Å²) < 4.78 is 10.4. The van der Waals surface area contributed by atoms with E-state index in [9.17, 15) is 4.79 Å². The molecule has 1 fully saturated rings. The molecule has 0 saturated carbocycles. The Morgan fingerprint density at radius 1 is 1.64 bits per heavy atom. The van der Waals surface area contributed by atoms with Crippen LogP contribution in [0.2, 0.25) is 0 Å². The van der Waals surface area contributed by atoms with Crippen molar-refractivity contribution in [3.8, 4) is 0 Å². The van der Waals surface area contributed by atoms with Crippen molar-refractivity contribution in [1.82, 2.24) is 0 Å². The first-order valence-corrected chi connectivity index (χ1v) is 5.13. The molecule has 4 heteroatoms. The van der Waals surface area contributed by atoms with Gasteiger partial charge in [-0.25, -0.2) is 0 Å². The molecule has 1 aliphatic rings. The SMILES string of the molecule is CC(C)C(CN)C(=O)OC1CCOC1. The van der Waals surface area contributed by atoms with Gasteiger partial charge in [0.05, 0.1) is 19.1 Å². The molecule has 1 heterocycles. The first-order valence-electron chi connectivity index (χ1n) is 5.13. The molecule has 14 heavy (non-hydrogen) atoms. The Bertz CT molecular complexity index is 188. The zero-order valence-corrected chi connectivity index (χ0v) is 8.86. The summed E-state index contributed by atoms with van der Waals surface area (Å²) in [7, 11) is 0. The minimum absolute atomic E-state index is 0.0599. The van der Waals surface area contributed by atoms with Gasteiger partial charge in [0.15, 0.2) is 0 Å². The van der Waals surface area contributed by atoms with Gasteiger partial charge in [0.2, 0.25) is 0 Å². The lowest BCUT2D eigenvalue weighted by atomic mass is 9.96. The number of hydrogen-bond acceptors (Lipinski definition) is 4. The summed E-state index contributed by atoms with van der Waals surface area (Å²) in [5.74, 6) is -0.136. The highest BCUT2D eigenvalue weighted by Gasteiger charge is 2.26. The molecule has 1 saturated heterocycles. The van der Waals surface area contributed by atoms with Crippen LogP contribution in [0.25, 0.3) is 0 Å². The number of esters is 1. The van der Waals surface area contributed by atoms with Crippen LogP contribution in [-0.2, 0) is 14.3 Å². The molecule has 2 unspecified atom stereocenters. The van der Waals surface area contributed by atoms with E-state index in [-0.39, 0.29) is 23.9 Å². The second-order valence-corrected chi connectivity index (χ2v) is 4.01. The number of carbonyl (C=O) groups is 1. The molecule has 0 spiro atoms. The van der Waals surface area contributed by atoms with Crippen LogP contribution in [0, 0.1) is 11.8 Å². The van der Waals surface area contributed by atoms with Crippen molar-refractivity contribution < 1.29 is 14.3 Å². The zero-order valence-electron chi connectivity index (χ0n) is 8.86. The quantitative estimate of drug-likeness (QED) is 0.675. The molecule has 4 nitrogen and oxygen atoms in total. The number of nitrogens with two attached hydrogens (primary N) is 1. The normalized spacial score (nSPS) is 23.9. The zero-order chi connectivity index (χ0) is 10.6. The molecule has 82 valence electrons. The van der Waals surface area contributed by atoms with Gasteiger partial charge in [-0.3, -0.25) is 4.79 Å². The molecule has 0 aromatic heterocycles. The maximum absolute atomic E-state index is 11.6. The van der Waals surface area contributed by atoms with E-state index in [0.717, 1.165) is 6.42 Å². The minimum atomic E-state index is -0.185. The van der Waals surface area contributed by atoms with Crippen LogP contribution in [-0.4, -0.2) is 31.8 Å². The summed E-state index contributed by atoms with van der Waals surface area (Å²) in [4.78, 5) is 11.6. The average molecular weight is 201 g/mol. The van der Waals surface area contributed by atoms with Gasteiger partial charge in [0.1, 0.15) is 6.10 Å². The summed E-state index contributed by atoms with van der Waals surface area (Å²) in [5.41, 5.74) is 5.52. The maximum Gasteiger partial charge on any atom is 0.310 e. The highest BCUT2D eigenvalue weighted by atomic mass is 16.6. The summed E-state index contributed by atoms with van der Waals surface area (Å²) in [6.07, 6.45) is 0.747. The van der Waals surface area contributed by atoms with Crippen molar-refractivity contribution in [3.05, 3.63) is 0 Å². The number of rotatable bonds is 4. The van der Waals surface area contributed by atoms with Gasteiger partial charge in [0, 0.05) is 13.0 Å². The predicted molar refractivity (Wildman–Crippen MR) is 52.7 cm³/mol. The fourth-order valence-corrected chi connectivity index (χ4v) is 1.50. The molecule has 1 aliphatic heterocycles. The Hall–Kier alpha value is -0.610. The minimum Gasteiger partial charge on any atom is -0.460 e. The fraction of sp³-hybridized carbons (Fsp3) is 0.900. The highest BCUT2D eigenvalue weighted by molar-refractivity contribution is 5.73. The van der Waals surface area contributed by atoms with E-state index in [1.165, 1.54) is 0 Å². The van der Waals surface area contributed by atoms with E-state index in [1.54, 1.807) is 0 Å². The van der Waals surface area contributed by atoms with Crippen molar-refractivity contribution in [2.45, 2.75) is 26.4 Å². The molecule has 0 radical (unpaired) electrons. The molecule has 0 bridgehead atoms. The average Bonchev–Trinajstić information content (AvgIpc) is 2.57. The number of carbonyl (C=O) groups excluding carboxylic acids is 1. The predicted octanol–water partition coefficient (Wildman–Crippen LogP) is 0.549. The van der Waals surface area contributed by atoms with Crippen molar-refractivity contribution in [2.24, 2.45) is 17.6 Å². The molecule has 1 rings (SSSR count). The van der Waals surface area contributed by atoms with Crippen LogP contribution in [0.1, 0.15) is 20.3 Å². The van der Waals surface area contributed by atoms with Crippen LogP contribution in [0.15, 0.2) is 0 Å². The number of hydrogen-bond donors (Lipinski definition) is 1. The van der Waals surface area contributed by atoms with E-state index in [2.05, 4.69) is 0 Å². The van der Waals surface area contributed by atoms with Crippen LogP contribution >= 0.6 is 0 Å². The van der Waals surface area contributed by atoms with Crippen molar-refractivity contribution >= 4 is 5.97 Å². The highest BCUT2D eigenvalue weighted by Crippen LogP contribution is 2.15. The first-order chi connectivity index (χ1) is 6.65. The Balaban J connectivity index is 2.38. The van der Waals surface area contributed by atoms with Gasteiger partial charge in [0.25, 0.3) is 0 Å². The lowest BCUT2D eigenvalue weighted by Gasteiger charge is -2.19. The summed E-state index contributed by atoms with van der Waals surface area (Å²) in [6.45, 7) is 5.52. The first kappa shape index (κ1) is 11.5. The van der Waals surface area contributed by atoms with Crippen LogP contribution < -0.4 is 5.73 Å². The van der Waals surface area contributed by atoms with Gasteiger partial charge < -0.3 is 15.2 Å². The van der Waals surface area contributed by atoms with Crippen LogP contribution in [0.4, 0.5) is 0 Å². The maximum atomic E-state index is 11.6. The molecular formula is C10H19NO3. The fourth-order valence-electron chi connectivity index (χ4n) is 1.50. The van der Waals surface area contributed by atoms with E-state index in [1.807, 2.05) is 13.8 Å². The topological polar surface area (TPSA) is 61.6 Å². The molecule has 2 atom stereocenters. The Morgan fingerprint density at radius 2 is 2.36 bits per heavy atom. The summed E-state index contributed by atoms with van der Waals surface area (Å²) in [5, 5.41) is 0. The third-order valence-electron chi connectivity index (χ3n) is 2.53. The Labute approximate surface area is 84.7 Å². The number of ether oxygens (including phenoxy) is 2. The lowest BCUT2D eigenvalue weighted by molar-refractivity contribution is -0.155. The van der Waals surface area contributed by atoms with E-state index < -0.39 is 0 Å². The van der Waals surface area contributed by atoms with Crippen LogP contribution in [0.5, 0.6) is 0 Å². The molecule has 0 aromatic carbocycles. The third-order valence-corrected chi connectivity index (χ3v) is 2.53. The third kappa shape index (κ3) is 2.96. The molecule has 0 aromatic rings. The van der Waals surface area contributed by atoms with Gasteiger partial charge in [-0.2, -0.15) is 0 Å². The second kappa shape index (κ2) is 5.32. The van der Waals surface area contributed by atoms with E-state index in [0.29, 0.717) is 19.8 Å². The van der Waals surface area contributed by atoms with E-state index >= 15 is 0 Å². The summed E-state index contributed by atoms with van der Waals surface area (Å²) in [6, 6.07) is 0. The summed E-state index contributed by atoms with van der Waals surface area (Å²) >= 11 is 0.